The number of aliphatic hydroxyl groups is 1. The van der Waals surface area contributed by atoms with E-state index in [-0.39, 0.29) is 21.9 Å². The molecule has 2 heterocycles. The summed E-state index contributed by atoms with van der Waals surface area (Å²) in [5.41, 5.74) is -0.155. The standard InChI is InChI=1S/C20H21ClN2O5/c1-22(2)8-4-9-23-17(15-5-3-10-28-15)16(19(26)20(23)27)18(25)13-11-12(21)6-7-14(13)24/h3,5-7,10-11,17,24-25H,4,8-9H2,1-2H3/t17-/m1/s1. The van der Waals surface area contributed by atoms with E-state index in [1.165, 1.54) is 29.4 Å². The molecule has 1 saturated heterocycles. The van der Waals surface area contributed by atoms with Gasteiger partial charge < -0.3 is 24.4 Å². The summed E-state index contributed by atoms with van der Waals surface area (Å²) < 4.78 is 5.45. The lowest BCUT2D eigenvalue weighted by Gasteiger charge is -2.24. The highest BCUT2D eigenvalue weighted by molar-refractivity contribution is 6.46. The molecule has 28 heavy (non-hydrogen) atoms. The van der Waals surface area contributed by atoms with Crippen molar-refractivity contribution in [2.24, 2.45) is 0 Å². The van der Waals surface area contributed by atoms with Gasteiger partial charge in [-0.05, 0) is 57.4 Å². The number of hydrogen-bond acceptors (Lipinski definition) is 6. The van der Waals surface area contributed by atoms with Gasteiger partial charge in [0.1, 0.15) is 23.3 Å². The predicted molar refractivity (Wildman–Crippen MR) is 104 cm³/mol. The van der Waals surface area contributed by atoms with Gasteiger partial charge in [0.05, 0.1) is 17.4 Å². The highest BCUT2D eigenvalue weighted by Crippen LogP contribution is 2.41. The third-order valence-electron chi connectivity index (χ3n) is 4.57. The van der Waals surface area contributed by atoms with Crippen LogP contribution >= 0.6 is 11.6 Å². The van der Waals surface area contributed by atoms with Crippen molar-refractivity contribution in [3.05, 3.63) is 58.5 Å². The second-order valence-corrected chi connectivity index (χ2v) is 7.26. The van der Waals surface area contributed by atoms with Crippen molar-refractivity contribution in [2.75, 3.05) is 27.2 Å². The Morgan fingerprint density at radius 3 is 2.68 bits per heavy atom. The van der Waals surface area contributed by atoms with Crippen LogP contribution in [0.25, 0.3) is 5.76 Å². The molecule has 1 aromatic carbocycles. The summed E-state index contributed by atoms with van der Waals surface area (Å²) in [7, 11) is 3.83. The molecule has 1 amide bonds. The fourth-order valence-corrected chi connectivity index (χ4v) is 3.43. The maximum Gasteiger partial charge on any atom is 0.295 e. The molecule has 0 unspecified atom stereocenters. The number of amides is 1. The number of carbonyl (C=O) groups is 2. The van der Waals surface area contributed by atoms with Crippen molar-refractivity contribution in [1.29, 1.82) is 0 Å². The average molecular weight is 405 g/mol. The number of phenolic OH excluding ortho intramolecular Hbond substituents is 1. The van der Waals surface area contributed by atoms with Crippen LogP contribution in [-0.4, -0.2) is 58.9 Å². The van der Waals surface area contributed by atoms with E-state index >= 15 is 0 Å². The maximum absolute atomic E-state index is 12.8. The van der Waals surface area contributed by atoms with Crippen LogP contribution in [0.5, 0.6) is 5.75 Å². The third-order valence-corrected chi connectivity index (χ3v) is 4.81. The fourth-order valence-electron chi connectivity index (χ4n) is 3.25. The number of ketones is 1. The smallest absolute Gasteiger partial charge is 0.295 e. The van der Waals surface area contributed by atoms with Gasteiger partial charge in [-0.2, -0.15) is 0 Å². The van der Waals surface area contributed by atoms with E-state index in [9.17, 15) is 19.8 Å². The molecule has 0 spiro atoms. The molecule has 1 fully saturated rings. The zero-order valence-corrected chi connectivity index (χ0v) is 16.3. The number of benzene rings is 1. The van der Waals surface area contributed by atoms with Gasteiger partial charge in [0.25, 0.3) is 11.7 Å². The van der Waals surface area contributed by atoms with Gasteiger partial charge in [-0.15, -0.1) is 0 Å². The summed E-state index contributed by atoms with van der Waals surface area (Å²) >= 11 is 5.97. The van der Waals surface area contributed by atoms with E-state index in [0.29, 0.717) is 18.7 Å². The molecule has 8 heteroatoms. The number of aromatic hydroxyl groups is 1. The van der Waals surface area contributed by atoms with Gasteiger partial charge in [-0.3, -0.25) is 9.59 Å². The molecule has 0 radical (unpaired) electrons. The number of aliphatic hydroxyl groups excluding tert-OH is 1. The van der Waals surface area contributed by atoms with E-state index in [1.54, 1.807) is 12.1 Å². The van der Waals surface area contributed by atoms with Crippen LogP contribution in [0.4, 0.5) is 0 Å². The number of carbonyl (C=O) groups excluding carboxylic acids is 2. The number of likely N-dealkylation sites (tertiary alicyclic amines) is 1. The van der Waals surface area contributed by atoms with Gasteiger partial charge in [-0.25, -0.2) is 0 Å². The Morgan fingerprint density at radius 1 is 1.29 bits per heavy atom. The molecule has 0 bridgehead atoms. The van der Waals surface area contributed by atoms with Crippen LogP contribution in [0.15, 0.2) is 46.6 Å². The topological polar surface area (TPSA) is 94.2 Å². The zero-order chi connectivity index (χ0) is 20.4. The van der Waals surface area contributed by atoms with Gasteiger partial charge in [-0.1, -0.05) is 11.6 Å². The quantitative estimate of drug-likeness (QED) is 0.436. The first kappa shape index (κ1) is 20.0. The lowest BCUT2D eigenvalue weighted by Crippen LogP contribution is -2.32. The molecule has 2 N–H and O–H groups in total. The molecule has 148 valence electrons. The monoisotopic (exact) mass is 404 g/mol. The van der Waals surface area contributed by atoms with Crippen molar-refractivity contribution < 1.29 is 24.2 Å². The Labute approximate surface area is 167 Å². The van der Waals surface area contributed by atoms with Crippen LogP contribution in [0.3, 0.4) is 0 Å². The predicted octanol–water partition coefficient (Wildman–Crippen LogP) is 3.01. The Kier molecular flexibility index (Phi) is 5.76. The third kappa shape index (κ3) is 3.76. The van der Waals surface area contributed by atoms with Crippen LogP contribution in [0, 0.1) is 0 Å². The second kappa shape index (κ2) is 8.08. The Balaban J connectivity index is 2.09. The maximum atomic E-state index is 12.8. The minimum Gasteiger partial charge on any atom is -0.507 e. The molecule has 7 nitrogen and oxygen atoms in total. The van der Waals surface area contributed by atoms with E-state index in [4.69, 9.17) is 16.0 Å². The largest absolute Gasteiger partial charge is 0.507 e. The highest BCUT2D eigenvalue weighted by atomic mass is 35.5. The van der Waals surface area contributed by atoms with E-state index < -0.39 is 23.5 Å². The SMILES string of the molecule is CN(C)CCCN1C(=O)C(=O)C(=C(O)c2cc(Cl)ccc2O)[C@H]1c1ccco1. The fraction of sp³-hybridized carbons (Fsp3) is 0.300. The lowest BCUT2D eigenvalue weighted by molar-refractivity contribution is -0.140. The Hall–Kier alpha value is -2.77. The number of rotatable bonds is 6. The molecule has 3 rings (SSSR count). The van der Waals surface area contributed by atoms with Crippen LogP contribution < -0.4 is 0 Å². The summed E-state index contributed by atoms with van der Waals surface area (Å²) in [4.78, 5) is 28.8. The number of hydrogen-bond donors (Lipinski definition) is 2. The summed E-state index contributed by atoms with van der Waals surface area (Å²) in [6, 6.07) is 6.51. The number of nitrogens with zero attached hydrogens (tertiary/aromatic N) is 2. The minimum absolute atomic E-state index is 0.0182. The van der Waals surface area contributed by atoms with E-state index in [2.05, 4.69) is 0 Å². The van der Waals surface area contributed by atoms with Crippen LogP contribution in [0.2, 0.25) is 5.02 Å². The van der Waals surface area contributed by atoms with Crippen LogP contribution in [-0.2, 0) is 9.59 Å². The molecular formula is C20H21ClN2O5. The Morgan fingerprint density at radius 2 is 2.04 bits per heavy atom. The zero-order valence-electron chi connectivity index (χ0n) is 15.6. The van der Waals surface area contributed by atoms with Crippen LogP contribution in [0.1, 0.15) is 23.8 Å². The minimum atomic E-state index is -0.879. The average Bonchev–Trinajstić information content (AvgIpc) is 3.25. The number of phenols is 1. The molecule has 1 aliphatic heterocycles. The molecule has 1 atom stereocenters. The first-order valence-corrected chi connectivity index (χ1v) is 9.14. The van der Waals surface area contributed by atoms with Gasteiger partial charge in [0, 0.05) is 11.6 Å². The molecule has 0 aliphatic carbocycles. The highest BCUT2D eigenvalue weighted by Gasteiger charge is 2.47. The summed E-state index contributed by atoms with van der Waals surface area (Å²) in [6.07, 6.45) is 2.08. The van der Waals surface area contributed by atoms with Gasteiger partial charge >= 0.3 is 0 Å². The molecule has 0 saturated carbocycles. The van der Waals surface area contributed by atoms with E-state index in [0.717, 1.165) is 6.54 Å². The molecular weight excluding hydrogens is 384 g/mol. The van der Waals surface area contributed by atoms with Crippen molar-refractivity contribution in [2.45, 2.75) is 12.5 Å². The molecule has 1 aliphatic rings. The van der Waals surface area contributed by atoms with Crippen molar-refractivity contribution in [1.82, 2.24) is 9.80 Å². The summed E-state index contributed by atoms with van der Waals surface area (Å²) in [5, 5.41) is 21.2. The number of furan rings is 1. The number of Topliss-reactive ketones (excluding diaryl/α,β-unsaturated/α-hetero) is 1. The van der Waals surface area contributed by atoms with Gasteiger partial charge in [0.15, 0.2) is 0 Å². The molecule has 1 aromatic heterocycles. The number of halogens is 1. The van der Waals surface area contributed by atoms with Crippen molar-refractivity contribution in [3.8, 4) is 5.75 Å². The first-order chi connectivity index (χ1) is 13.3. The summed E-state index contributed by atoms with van der Waals surface area (Å²) in [6.45, 7) is 1.04. The first-order valence-electron chi connectivity index (χ1n) is 8.76. The summed E-state index contributed by atoms with van der Waals surface area (Å²) in [5.74, 6) is -1.94. The lowest BCUT2D eigenvalue weighted by atomic mass is 9.99. The Bertz CT molecular complexity index is 921. The van der Waals surface area contributed by atoms with Crippen molar-refractivity contribution >= 4 is 29.1 Å². The van der Waals surface area contributed by atoms with Crippen molar-refractivity contribution in [3.63, 3.8) is 0 Å². The van der Waals surface area contributed by atoms with Gasteiger partial charge in [0.2, 0.25) is 0 Å². The molecule has 2 aromatic rings. The second-order valence-electron chi connectivity index (χ2n) is 6.83. The normalized spacial score (nSPS) is 19.0. The van der Waals surface area contributed by atoms with E-state index in [1.807, 2.05) is 19.0 Å².